The van der Waals surface area contributed by atoms with Gasteiger partial charge in [-0.3, -0.25) is 14.5 Å². The summed E-state index contributed by atoms with van der Waals surface area (Å²) in [6, 6.07) is 11.9. The minimum atomic E-state index is -4.44. The van der Waals surface area contributed by atoms with Gasteiger partial charge in [-0.25, -0.2) is 0 Å². The SMILES string of the molecule is CCC(=O)c1ccc([C@H](C)NC(=O)C2(N3CC[C@@H](Oc4cccc(C(F)(F)F)c4)C3)CCOCC2)cc1.Cl. The Bertz CT molecular complexity index is 1100. The lowest BCUT2D eigenvalue weighted by atomic mass is 9.86. The number of nitrogens with zero attached hydrogens (tertiary/aromatic N) is 1. The topological polar surface area (TPSA) is 67.9 Å². The van der Waals surface area contributed by atoms with Crippen molar-refractivity contribution in [1.29, 1.82) is 0 Å². The van der Waals surface area contributed by atoms with E-state index in [2.05, 4.69) is 10.2 Å². The highest BCUT2D eigenvalue weighted by Crippen LogP contribution is 2.35. The van der Waals surface area contributed by atoms with Crippen LogP contribution in [0, 0.1) is 0 Å². The molecule has 2 atom stereocenters. The Morgan fingerprint density at radius 2 is 1.84 bits per heavy atom. The van der Waals surface area contributed by atoms with Crippen LogP contribution in [0.5, 0.6) is 5.75 Å². The van der Waals surface area contributed by atoms with Gasteiger partial charge in [0.1, 0.15) is 17.4 Å². The number of amides is 1. The van der Waals surface area contributed by atoms with Crippen LogP contribution < -0.4 is 10.1 Å². The van der Waals surface area contributed by atoms with Crippen LogP contribution in [0.1, 0.15) is 67.1 Å². The van der Waals surface area contributed by atoms with Crippen molar-refractivity contribution in [3.63, 3.8) is 0 Å². The molecule has 0 bridgehead atoms. The minimum absolute atomic E-state index is 0. The highest BCUT2D eigenvalue weighted by molar-refractivity contribution is 5.95. The molecule has 4 rings (SSSR count). The lowest BCUT2D eigenvalue weighted by Gasteiger charge is -2.43. The summed E-state index contributed by atoms with van der Waals surface area (Å²) < 4.78 is 50.7. The highest BCUT2D eigenvalue weighted by atomic mass is 35.5. The third kappa shape index (κ3) is 6.68. The van der Waals surface area contributed by atoms with Crippen LogP contribution in [0.3, 0.4) is 0 Å². The molecule has 2 aliphatic heterocycles. The van der Waals surface area contributed by atoms with Crippen LogP contribution in [-0.2, 0) is 15.7 Å². The molecule has 1 N–H and O–H groups in total. The summed E-state index contributed by atoms with van der Waals surface area (Å²) in [6.07, 6.45) is -2.68. The molecule has 1 amide bonds. The highest BCUT2D eigenvalue weighted by Gasteiger charge is 2.48. The number of ether oxygens (including phenoxy) is 2. The van der Waals surface area contributed by atoms with Gasteiger partial charge < -0.3 is 14.8 Å². The quantitative estimate of drug-likeness (QED) is 0.430. The van der Waals surface area contributed by atoms with E-state index in [-0.39, 0.29) is 42.0 Å². The third-order valence-corrected chi connectivity index (χ3v) is 7.36. The number of Topliss-reactive ketones (excluding diaryl/α,β-unsaturated/α-hetero) is 1. The molecular weight excluding hydrogens is 521 g/mol. The summed E-state index contributed by atoms with van der Waals surface area (Å²) in [5.74, 6) is 0.142. The first-order chi connectivity index (χ1) is 17.6. The summed E-state index contributed by atoms with van der Waals surface area (Å²) >= 11 is 0. The first-order valence-corrected chi connectivity index (χ1v) is 12.7. The van der Waals surface area contributed by atoms with E-state index in [0.717, 1.165) is 17.7 Å². The fourth-order valence-electron chi connectivity index (χ4n) is 5.12. The normalized spacial score (nSPS) is 20.3. The van der Waals surface area contributed by atoms with Crippen LogP contribution in [0.15, 0.2) is 48.5 Å². The van der Waals surface area contributed by atoms with Gasteiger partial charge in [-0.2, -0.15) is 13.2 Å². The number of benzene rings is 2. The molecule has 2 aromatic rings. The van der Waals surface area contributed by atoms with E-state index in [4.69, 9.17) is 9.47 Å². The second kappa shape index (κ2) is 12.5. The van der Waals surface area contributed by atoms with Crippen molar-refractivity contribution < 1.29 is 32.2 Å². The van der Waals surface area contributed by atoms with Gasteiger partial charge in [0.25, 0.3) is 0 Å². The molecule has 0 radical (unpaired) electrons. The number of halogens is 4. The smallest absolute Gasteiger partial charge is 0.416 e. The second-order valence-electron chi connectivity index (χ2n) is 9.74. The third-order valence-electron chi connectivity index (χ3n) is 7.36. The Kier molecular flexibility index (Phi) is 9.84. The van der Waals surface area contributed by atoms with Gasteiger partial charge in [0.15, 0.2) is 5.78 Å². The number of carbonyl (C=O) groups excluding carboxylic acids is 2. The van der Waals surface area contributed by atoms with Gasteiger partial charge >= 0.3 is 6.18 Å². The molecule has 38 heavy (non-hydrogen) atoms. The fourth-order valence-corrected chi connectivity index (χ4v) is 5.12. The van der Waals surface area contributed by atoms with E-state index in [9.17, 15) is 22.8 Å². The van der Waals surface area contributed by atoms with Gasteiger partial charge in [0, 0.05) is 38.3 Å². The molecule has 10 heteroatoms. The number of carbonyl (C=O) groups is 2. The summed E-state index contributed by atoms with van der Waals surface area (Å²) in [6.45, 7) is 5.66. The molecule has 0 spiro atoms. The molecule has 0 unspecified atom stereocenters. The molecule has 2 aliphatic rings. The lowest BCUT2D eigenvalue weighted by Crippen LogP contribution is -2.61. The number of alkyl halides is 3. The number of rotatable bonds is 8. The Morgan fingerprint density at radius 1 is 1.16 bits per heavy atom. The van der Waals surface area contributed by atoms with Crippen molar-refractivity contribution in [1.82, 2.24) is 10.2 Å². The van der Waals surface area contributed by atoms with Gasteiger partial charge in [0.05, 0.1) is 11.6 Å². The number of nitrogens with one attached hydrogen (secondary N) is 1. The molecule has 0 saturated carbocycles. The molecule has 2 heterocycles. The number of hydrogen-bond acceptors (Lipinski definition) is 5. The molecular formula is C28H34ClF3N2O4. The maximum atomic E-state index is 13.7. The van der Waals surface area contributed by atoms with Crippen LogP contribution in [-0.4, -0.2) is 54.5 Å². The summed E-state index contributed by atoms with van der Waals surface area (Å²) in [5, 5.41) is 3.15. The van der Waals surface area contributed by atoms with E-state index < -0.39 is 17.3 Å². The second-order valence-corrected chi connectivity index (χ2v) is 9.74. The Balaban J connectivity index is 0.00000400. The Labute approximate surface area is 227 Å². The van der Waals surface area contributed by atoms with E-state index in [1.807, 2.05) is 26.0 Å². The van der Waals surface area contributed by atoms with Gasteiger partial charge in [-0.05, 0) is 49.9 Å². The lowest BCUT2D eigenvalue weighted by molar-refractivity contribution is -0.141. The molecule has 0 aromatic heterocycles. The van der Waals surface area contributed by atoms with Gasteiger partial charge in [0.2, 0.25) is 5.91 Å². The standard InChI is InChI=1S/C28H33F3N2O4.ClH/c1-3-25(34)21-9-7-20(8-10-21)19(2)32-26(35)27(12-15-36-16-13-27)33-14-11-24(18-33)37-23-6-4-5-22(17-23)28(29,30)31;/h4-10,17,19,24H,3,11-16,18H2,1-2H3,(H,32,35);1H/t19-,24+;/m0./s1. The zero-order chi connectivity index (χ0) is 26.6. The molecule has 0 aliphatic carbocycles. The Morgan fingerprint density at radius 3 is 2.47 bits per heavy atom. The number of likely N-dealkylation sites (tertiary alicyclic amines) is 1. The monoisotopic (exact) mass is 554 g/mol. The van der Waals surface area contributed by atoms with E-state index in [1.165, 1.54) is 12.1 Å². The number of hydrogen-bond donors (Lipinski definition) is 1. The summed E-state index contributed by atoms with van der Waals surface area (Å²) in [4.78, 5) is 27.7. The van der Waals surface area contributed by atoms with Crippen LogP contribution in [0.4, 0.5) is 13.2 Å². The largest absolute Gasteiger partial charge is 0.489 e. The zero-order valence-electron chi connectivity index (χ0n) is 21.6. The van der Waals surface area contributed by atoms with E-state index >= 15 is 0 Å². The van der Waals surface area contributed by atoms with Crippen molar-refractivity contribution in [2.45, 2.75) is 63.4 Å². The van der Waals surface area contributed by atoms with Crippen molar-refractivity contribution in [2.24, 2.45) is 0 Å². The fraction of sp³-hybridized carbons (Fsp3) is 0.500. The average Bonchev–Trinajstić information content (AvgIpc) is 3.37. The van der Waals surface area contributed by atoms with Crippen LogP contribution in [0.25, 0.3) is 0 Å². The van der Waals surface area contributed by atoms with Crippen molar-refractivity contribution in [3.05, 3.63) is 65.2 Å². The molecule has 208 valence electrons. The van der Waals surface area contributed by atoms with Gasteiger partial charge in [-0.15, -0.1) is 12.4 Å². The minimum Gasteiger partial charge on any atom is -0.489 e. The predicted octanol–water partition coefficient (Wildman–Crippen LogP) is 5.60. The first kappa shape index (κ1) is 29.9. The van der Waals surface area contributed by atoms with E-state index in [0.29, 0.717) is 57.6 Å². The predicted molar refractivity (Wildman–Crippen MR) is 140 cm³/mol. The van der Waals surface area contributed by atoms with E-state index in [1.54, 1.807) is 12.1 Å². The van der Waals surface area contributed by atoms with Crippen molar-refractivity contribution >= 4 is 24.1 Å². The van der Waals surface area contributed by atoms with Gasteiger partial charge in [-0.1, -0.05) is 37.3 Å². The van der Waals surface area contributed by atoms with Crippen LogP contribution >= 0.6 is 12.4 Å². The molecule has 2 saturated heterocycles. The van der Waals surface area contributed by atoms with Crippen molar-refractivity contribution in [3.8, 4) is 5.75 Å². The maximum absolute atomic E-state index is 13.7. The Hall–Kier alpha value is -2.62. The molecule has 2 aromatic carbocycles. The van der Waals surface area contributed by atoms with Crippen molar-refractivity contribution in [2.75, 3.05) is 26.3 Å². The van der Waals surface area contributed by atoms with Crippen LogP contribution in [0.2, 0.25) is 0 Å². The summed E-state index contributed by atoms with van der Waals surface area (Å²) in [5.41, 5.74) is 0.0162. The molecule has 2 fully saturated rings. The maximum Gasteiger partial charge on any atom is 0.416 e. The first-order valence-electron chi connectivity index (χ1n) is 12.7. The zero-order valence-corrected chi connectivity index (χ0v) is 22.4. The summed E-state index contributed by atoms with van der Waals surface area (Å²) in [7, 11) is 0. The number of ketones is 1. The molecule has 6 nitrogen and oxygen atoms in total. The average molecular weight is 555 g/mol.